The third kappa shape index (κ3) is 3.56. The van der Waals surface area contributed by atoms with E-state index >= 15 is 0 Å². The predicted octanol–water partition coefficient (Wildman–Crippen LogP) is 2.04. The summed E-state index contributed by atoms with van der Waals surface area (Å²) < 4.78 is 14.1. The summed E-state index contributed by atoms with van der Waals surface area (Å²) >= 11 is 0. The van der Waals surface area contributed by atoms with E-state index in [1.165, 1.54) is 6.07 Å². The van der Waals surface area contributed by atoms with E-state index in [0.717, 1.165) is 6.20 Å². The largest absolute Gasteiger partial charge is 0.347 e. The van der Waals surface area contributed by atoms with Gasteiger partial charge in [-0.25, -0.2) is 4.39 Å². The number of benzene rings is 1. The SMILES string of the molecule is N#Cc1cccc(-c2cc(C(=O)NC3CCN(C#N)C3)c(F)cn2)c1. The first-order valence-electron chi connectivity index (χ1n) is 7.72. The van der Waals surface area contributed by atoms with Gasteiger partial charge in [-0.1, -0.05) is 12.1 Å². The molecule has 2 heterocycles. The highest BCUT2D eigenvalue weighted by Gasteiger charge is 2.24. The maximum Gasteiger partial charge on any atom is 0.254 e. The molecule has 1 N–H and O–H groups in total. The van der Waals surface area contributed by atoms with E-state index < -0.39 is 11.7 Å². The van der Waals surface area contributed by atoms with Gasteiger partial charge in [-0.05, 0) is 24.6 Å². The number of nitrogens with zero attached hydrogens (tertiary/aromatic N) is 4. The predicted molar refractivity (Wildman–Crippen MR) is 87.4 cm³/mol. The Balaban J connectivity index is 1.83. The van der Waals surface area contributed by atoms with E-state index in [1.807, 2.05) is 12.3 Å². The van der Waals surface area contributed by atoms with Crippen LogP contribution in [0, 0.1) is 28.6 Å². The number of nitriles is 2. The molecule has 0 saturated carbocycles. The van der Waals surface area contributed by atoms with Gasteiger partial charge in [0.15, 0.2) is 12.0 Å². The minimum Gasteiger partial charge on any atom is -0.347 e. The highest BCUT2D eigenvalue weighted by Crippen LogP contribution is 2.21. The lowest BCUT2D eigenvalue weighted by atomic mass is 10.1. The van der Waals surface area contributed by atoms with Crippen molar-refractivity contribution in [2.24, 2.45) is 0 Å². The molecule has 6 nitrogen and oxygen atoms in total. The fraction of sp³-hybridized carbons (Fsp3) is 0.222. The molecule has 1 aromatic heterocycles. The Morgan fingerprint density at radius 1 is 1.36 bits per heavy atom. The number of pyridine rings is 1. The van der Waals surface area contributed by atoms with E-state index in [1.54, 1.807) is 29.2 Å². The lowest BCUT2D eigenvalue weighted by Gasteiger charge is -2.13. The number of rotatable bonds is 3. The van der Waals surface area contributed by atoms with Crippen molar-refractivity contribution in [2.75, 3.05) is 13.1 Å². The van der Waals surface area contributed by atoms with Crippen LogP contribution in [-0.2, 0) is 0 Å². The molecule has 1 unspecified atom stereocenters. The van der Waals surface area contributed by atoms with Gasteiger partial charge in [0.2, 0.25) is 0 Å². The van der Waals surface area contributed by atoms with Gasteiger partial charge in [-0.15, -0.1) is 0 Å². The molecule has 124 valence electrons. The van der Waals surface area contributed by atoms with E-state index in [-0.39, 0.29) is 11.6 Å². The van der Waals surface area contributed by atoms with Crippen molar-refractivity contribution in [1.82, 2.24) is 15.2 Å². The standard InChI is InChI=1S/C18H14FN5O/c19-16-9-22-17(13-3-1-2-12(6-13)8-20)7-15(16)18(25)23-14-4-5-24(10-14)11-21/h1-3,6-7,9,14H,4-5,10H2,(H,23,25). The van der Waals surface area contributed by atoms with Crippen molar-refractivity contribution in [3.8, 4) is 23.5 Å². The fourth-order valence-corrected chi connectivity index (χ4v) is 2.75. The average molecular weight is 335 g/mol. The molecule has 0 radical (unpaired) electrons. The van der Waals surface area contributed by atoms with Crippen molar-refractivity contribution >= 4 is 5.91 Å². The maximum atomic E-state index is 14.1. The molecule has 0 spiro atoms. The van der Waals surface area contributed by atoms with Crippen molar-refractivity contribution in [2.45, 2.75) is 12.5 Å². The fourth-order valence-electron chi connectivity index (χ4n) is 2.75. The molecule has 7 heteroatoms. The van der Waals surface area contributed by atoms with E-state index in [2.05, 4.69) is 10.3 Å². The Bertz CT molecular complexity index is 899. The normalized spacial score (nSPS) is 16.1. The second-order valence-electron chi connectivity index (χ2n) is 5.75. The van der Waals surface area contributed by atoms with Gasteiger partial charge in [0.25, 0.3) is 5.91 Å². The molecular weight excluding hydrogens is 321 g/mol. The molecule has 1 fully saturated rings. The topological polar surface area (TPSA) is 92.8 Å². The summed E-state index contributed by atoms with van der Waals surface area (Å²) in [4.78, 5) is 17.9. The number of likely N-dealkylation sites (tertiary alicyclic amines) is 1. The number of nitrogens with one attached hydrogen (secondary N) is 1. The number of amides is 1. The Morgan fingerprint density at radius 3 is 2.92 bits per heavy atom. The summed E-state index contributed by atoms with van der Waals surface area (Å²) in [6.45, 7) is 0.999. The number of hydrogen-bond acceptors (Lipinski definition) is 5. The Kier molecular flexibility index (Phi) is 4.58. The molecule has 1 saturated heterocycles. The van der Waals surface area contributed by atoms with Crippen molar-refractivity contribution in [3.05, 3.63) is 53.5 Å². The van der Waals surface area contributed by atoms with E-state index in [9.17, 15) is 9.18 Å². The highest BCUT2D eigenvalue weighted by atomic mass is 19.1. The van der Waals surface area contributed by atoms with Crippen LogP contribution in [0.1, 0.15) is 22.3 Å². The van der Waals surface area contributed by atoms with Crippen molar-refractivity contribution < 1.29 is 9.18 Å². The average Bonchev–Trinajstić information content (AvgIpc) is 3.09. The van der Waals surface area contributed by atoms with Crippen LogP contribution in [0.15, 0.2) is 36.5 Å². The number of hydrogen-bond donors (Lipinski definition) is 1. The van der Waals surface area contributed by atoms with Gasteiger partial charge < -0.3 is 10.2 Å². The third-order valence-electron chi connectivity index (χ3n) is 4.05. The summed E-state index contributed by atoms with van der Waals surface area (Å²) in [5, 5.41) is 20.6. The number of carbonyl (C=O) groups excluding carboxylic acids is 1. The van der Waals surface area contributed by atoms with Crippen LogP contribution in [0.5, 0.6) is 0 Å². The zero-order valence-electron chi connectivity index (χ0n) is 13.2. The molecule has 1 aliphatic rings. The maximum absolute atomic E-state index is 14.1. The second-order valence-corrected chi connectivity index (χ2v) is 5.75. The highest BCUT2D eigenvalue weighted by molar-refractivity contribution is 5.95. The van der Waals surface area contributed by atoms with Crippen LogP contribution < -0.4 is 5.32 Å². The van der Waals surface area contributed by atoms with Crippen LogP contribution in [0.2, 0.25) is 0 Å². The zero-order chi connectivity index (χ0) is 17.8. The first-order valence-corrected chi connectivity index (χ1v) is 7.72. The number of aromatic nitrogens is 1. The molecule has 2 aromatic rings. The Hall–Kier alpha value is -3.45. The molecule has 25 heavy (non-hydrogen) atoms. The molecular formula is C18H14FN5O. The molecule has 0 aliphatic carbocycles. The van der Waals surface area contributed by atoms with Gasteiger partial charge in [-0.2, -0.15) is 10.5 Å². The quantitative estimate of drug-likeness (QED) is 0.867. The zero-order valence-corrected chi connectivity index (χ0v) is 13.2. The molecule has 1 amide bonds. The lowest BCUT2D eigenvalue weighted by molar-refractivity contribution is 0.0934. The van der Waals surface area contributed by atoms with Crippen molar-refractivity contribution in [1.29, 1.82) is 10.5 Å². The first kappa shape index (κ1) is 16.4. The van der Waals surface area contributed by atoms with Crippen LogP contribution >= 0.6 is 0 Å². The lowest BCUT2D eigenvalue weighted by Crippen LogP contribution is -2.36. The van der Waals surface area contributed by atoms with Crippen molar-refractivity contribution in [3.63, 3.8) is 0 Å². The van der Waals surface area contributed by atoms with Gasteiger partial charge in [0, 0.05) is 24.7 Å². The number of carbonyl (C=O) groups is 1. The molecule has 1 aromatic carbocycles. The smallest absolute Gasteiger partial charge is 0.254 e. The van der Waals surface area contributed by atoms with E-state index in [0.29, 0.717) is 36.3 Å². The summed E-state index contributed by atoms with van der Waals surface area (Å²) in [5.41, 5.74) is 1.39. The molecule has 1 aliphatic heterocycles. The van der Waals surface area contributed by atoms with Crippen LogP contribution in [-0.4, -0.2) is 34.9 Å². The summed E-state index contributed by atoms with van der Waals surface area (Å²) in [6.07, 6.45) is 3.67. The van der Waals surface area contributed by atoms with Crippen LogP contribution in [0.3, 0.4) is 0 Å². The summed E-state index contributed by atoms with van der Waals surface area (Å²) in [7, 11) is 0. The third-order valence-corrected chi connectivity index (χ3v) is 4.05. The van der Waals surface area contributed by atoms with E-state index in [4.69, 9.17) is 10.5 Å². The Morgan fingerprint density at radius 2 is 2.20 bits per heavy atom. The molecule has 0 bridgehead atoms. The molecule has 3 rings (SSSR count). The second kappa shape index (κ2) is 6.98. The number of halogens is 1. The van der Waals surface area contributed by atoms with Gasteiger partial charge in [0.1, 0.15) is 0 Å². The summed E-state index contributed by atoms with van der Waals surface area (Å²) in [6, 6.07) is 9.94. The minimum absolute atomic E-state index is 0.109. The minimum atomic E-state index is -0.715. The molecule has 1 atom stereocenters. The summed E-state index contributed by atoms with van der Waals surface area (Å²) in [5.74, 6) is -1.25. The Labute approximate surface area is 144 Å². The van der Waals surface area contributed by atoms with Crippen LogP contribution in [0.25, 0.3) is 11.3 Å². The van der Waals surface area contributed by atoms with Gasteiger partial charge in [0.05, 0.1) is 29.1 Å². The van der Waals surface area contributed by atoms with Crippen LogP contribution in [0.4, 0.5) is 4.39 Å². The monoisotopic (exact) mass is 335 g/mol. The van der Waals surface area contributed by atoms with Gasteiger partial charge in [-0.3, -0.25) is 9.78 Å². The van der Waals surface area contributed by atoms with Gasteiger partial charge >= 0.3 is 0 Å². The first-order chi connectivity index (χ1) is 12.1.